The summed E-state index contributed by atoms with van der Waals surface area (Å²) in [4.78, 5) is 0. The van der Waals surface area contributed by atoms with Crippen molar-refractivity contribution in [2.75, 3.05) is 0 Å². The van der Waals surface area contributed by atoms with E-state index in [1.54, 1.807) is 0 Å². The summed E-state index contributed by atoms with van der Waals surface area (Å²) in [5.41, 5.74) is 7.96. The number of fused-ring (bicyclic) bond motifs is 1. The standard InChI is InChI=1S/C26H27O.Zr/c1-16-13-20-14-21(24-12-7-17(2)27-24)15-23(20)25(18(16)3)19-8-10-22(11-9-19)26(4,5)6;/h7-15H,1-6H3;/q-1;. The van der Waals surface area contributed by atoms with E-state index in [-0.39, 0.29) is 31.6 Å². The van der Waals surface area contributed by atoms with Gasteiger partial charge in [0.1, 0.15) is 0 Å². The summed E-state index contributed by atoms with van der Waals surface area (Å²) in [7, 11) is 0. The van der Waals surface area contributed by atoms with E-state index in [0.29, 0.717) is 0 Å². The molecule has 0 radical (unpaired) electrons. The summed E-state index contributed by atoms with van der Waals surface area (Å²) in [5, 5.41) is 2.57. The van der Waals surface area contributed by atoms with Crippen LogP contribution < -0.4 is 0 Å². The molecule has 0 aliphatic carbocycles. The Bertz CT molecular complexity index is 1120. The van der Waals surface area contributed by atoms with Gasteiger partial charge in [0.15, 0.2) is 0 Å². The number of benzene rings is 2. The van der Waals surface area contributed by atoms with Crippen molar-refractivity contribution in [3.05, 3.63) is 77.0 Å². The second-order valence-corrected chi connectivity index (χ2v) is 8.68. The first-order valence-electron chi connectivity index (χ1n) is 9.62. The van der Waals surface area contributed by atoms with E-state index in [4.69, 9.17) is 4.42 Å². The van der Waals surface area contributed by atoms with Gasteiger partial charge in [0.05, 0.1) is 11.5 Å². The fourth-order valence-corrected chi connectivity index (χ4v) is 3.84. The van der Waals surface area contributed by atoms with E-state index in [1.807, 2.05) is 13.0 Å². The van der Waals surface area contributed by atoms with Gasteiger partial charge >= 0.3 is 0 Å². The van der Waals surface area contributed by atoms with Crippen LogP contribution in [0.5, 0.6) is 0 Å². The van der Waals surface area contributed by atoms with Gasteiger partial charge in [0, 0.05) is 26.2 Å². The Morgan fingerprint density at radius 2 is 1.54 bits per heavy atom. The molecule has 0 N–H and O–H groups in total. The van der Waals surface area contributed by atoms with E-state index in [2.05, 4.69) is 83.1 Å². The van der Waals surface area contributed by atoms with E-state index in [9.17, 15) is 0 Å². The molecular weight excluding hydrogens is 420 g/mol. The topological polar surface area (TPSA) is 13.1 Å². The second-order valence-electron chi connectivity index (χ2n) is 8.68. The first-order chi connectivity index (χ1) is 12.7. The van der Waals surface area contributed by atoms with Crippen LogP contribution in [0.4, 0.5) is 0 Å². The summed E-state index contributed by atoms with van der Waals surface area (Å²) in [6.45, 7) is 13.2. The Balaban J connectivity index is 0.00000225. The maximum atomic E-state index is 5.86. The van der Waals surface area contributed by atoms with Gasteiger partial charge in [-0.15, -0.1) is 29.0 Å². The molecule has 0 spiro atoms. The van der Waals surface area contributed by atoms with Crippen LogP contribution in [-0.2, 0) is 31.6 Å². The third kappa shape index (κ3) is 3.72. The van der Waals surface area contributed by atoms with Crippen LogP contribution in [0.2, 0.25) is 0 Å². The summed E-state index contributed by atoms with van der Waals surface area (Å²) in [5.74, 6) is 1.88. The van der Waals surface area contributed by atoms with Crippen molar-refractivity contribution in [1.29, 1.82) is 0 Å². The first kappa shape index (κ1) is 20.9. The fraction of sp³-hybridized carbons (Fsp3) is 0.269. The fourth-order valence-electron chi connectivity index (χ4n) is 3.84. The van der Waals surface area contributed by atoms with Crippen LogP contribution in [0.25, 0.3) is 33.2 Å². The zero-order chi connectivity index (χ0) is 19.3. The van der Waals surface area contributed by atoms with E-state index < -0.39 is 0 Å². The molecule has 0 bridgehead atoms. The number of hydrogen-bond donors (Lipinski definition) is 0. The van der Waals surface area contributed by atoms with Crippen molar-refractivity contribution in [2.45, 2.75) is 47.0 Å². The third-order valence-electron chi connectivity index (χ3n) is 5.59. The van der Waals surface area contributed by atoms with Crippen molar-refractivity contribution in [2.24, 2.45) is 0 Å². The predicted molar refractivity (Wildman–Crippen MR) is 116 cm³/mol. The Morgan fingerprint density at radius 3 is 2.11 bits per heavy atom. The molecule has 142 valence electrons. The molecule has 1 nitrogen and oxygen atoms in total. The zero-order valence-electron chi connectivity index (χ0n) is 17.6. The van der Waals surface area contributed by atoms with Gasteiger partial charge < -0.3 is 4.42 Å². The van der Waals surface area contributed by atoms with Crippen molar-refractivity contribution >= 4 is 10.8 Å². The number of furan rings is 1. The van der Waals surface area contributed by atoms with Crippen LogP contribution >= 0.6 is 0 Å². The molecule has 2 heteroatoms. The average molecular weight is 447 g/mol. The minimum Gasteiger partial charge on any atom is -0.496 e. The Labute approximate surface area is 187 Å². The third-order valence-corrected chi connectivity index (χ3v) is 5.59. The largest absolute Gasteiger partial charge is 0.496 e. The van der Waals surface area contributed by atoms with Gasteiger partial charge in [-0.2, -0.15) is 0 Å². The Kier molecular flexibility index (Phi) is 5.65. The monoisotopic (exact) mass is 445 g/mol. The minimum atomic E-state index is 0. The van der Waals surface area contributed by atoms with E-state index >= 15 is 0 Å². The molecular formula is C26H27OZr-. The molecule has 0 saturated carbocycles. The molecule has 4 aromatic rings. The number of hydrogen-bond acceptors (Lipinski definition) is 1. The molecule has 0 atom stereocenters. The Hall–Kier alpha value is -1.79. The van der Waals surface area contributed by atoms with Gasteiger partial charge in [-0.1, -0.05) is 61.7 Å². The summed E-state index contributed by atoms with van der Waals surface area (Å²) in [6, 6.07) is 20.0. The molecule has 28 heavy (non-hydrogen) atoms. The maximum absolute atomic E-state index is 5.86. The van der Waals surface area contributed by atoms with Gasteiger partial charge in [0.2, 0.25) is 0 Å². The van der Waals surface area contributed by atoms with Gasteiger partial charge in [0.25, 0.3) is 0 Å². The van der Waals surface area contributed by atoms with Gasteiger partial charge in [-0.05, 0) is 55.0 Å². The van der Waals surface area contributed by atoms with E-state index in [1.165, 1.54) is 38.6 Å². The molecule has 1 aromatic heterocycles. The number of rotatable bonds is 2. The molecule has 0 aliphatic rings. The first-order valence-corrected chi connectivity index (χ1v) is 9.62. The van der Waals surface area contributed by atoms with Crippen LogP contribution in [0, 0.1) is 20.8 Å². The van der Waals surface area contributed by atoms with Crippen molar-refractivity contribution in [3.8, 4) is 22.5 Å². The molecule has 0 fully saturated rings. The Morgan fingerprint density at radius 1 is 0.857 bits per heavy atom. The van der Waals surface area contributed by atoms with Crippen LogP contribution in [0.15, 0.2) is 59.0 Å². The molecule has 0 saturated heterocycles. The van der Waals surface area contributed by atoms with E-state index in [0.717, 1.165) is 17.1 Å². The normalized spacial score (nSPS) is 11.6. The molecule has 4 rings (SSSR count). The van der Waals surface area contributed by atoms with Crippen molar-refractivity contribution in [3.63, 3.8) is 0 Å². The molecule has 3 aromatic carbocycles. The SMILES string of the molecule is Cc1ccc(-c2cc3c(-c4ccc(C(C)(C)C)cc4)c(C)c(C)cc3[cH-]2)o1.[Zr]. The van der Waals surface area contributed by atoms with Crippen molar-refractivity contribution < 1.29 is 30.6 Å². The summed E-state index contributed by atoms with van der Waals surface area (Å²) in [6.07, 6.45) is 0. The molecule has 0 unspecified atom stereocenters. The van der Waals surface area contributed by atoms with Gasteiger partial charge in [-0.3, -0.25) is 0 Å². The molecule has 1 heterocycles. The van der Waals surface area contributed by atoms with Gasteiger partial charge in [-0.25, -0.2) is 0 Å². The quantitative estimate of drug-likeness (QED) is 0.287. The smallest absolute Gasteiger partial charge is 0.0896 e. The zero-order valence-corrected chi connectivity index (χ0v) is 20.1. The summed E-state index contributed by atoms with van der Waals surface area (Å²) < 4.78 is 5.86. The average Bonchev–Trinajstić information content (AvgIpc) is 3.21. The predicted octanol–water partition coefficient (Wildman–Crippen LogP) is 7.71. The van der Waals surface area contributed by atoms with Crippen LogP contribution in [-0.4, -0.2) is 0 Å². The van der Waals surface area contributed by atoms with Crippen molar-refractivity contribution in [1.82, 2.24) is 0 Å². The van der Waals surface area contributed by atoms with Crippen LogP contribution in [0.3, 0.4) is 0 Å². The minimum absolute atomic E-state index is 0. The second kappa shape index (κ2) is 7.56. The molecule has 0 amide bonds. The number of aryl methyl sites for hydroxylation is 2. The molecule has 0 aliphatic heterocycles. The van der Waals surface area contributed by atoms with Crippen LogP contribution in [0.1, 0.15) is 43.2 Å². The maximum Gasteiger partial charge on any atom is 0.0896 e. The summed E-state index contributed by atoms with van der Waals surface area (Å²) >= 11 is 0.